The van der Waals surface area contributed by atoms with Gasteiger partial charge in [0.1, 0.15) is 6.29 Å². The van der Waals surface area contributed by atoms with Crippen molar-refractivity contribution in [1.29, 1.82) is 0 Å². The monoisotopic (exact) mass is 390 g/mol. The number of aldehydes is 1. The molecule has 3 fully saturated rings. The fraction of sp³-hybridized carbons (Fsp3) is 0.708. The molecule has 3 rings (SSSR count). The van der Waals surface area contributed by atoms with Crippen LogP contribution in [0.25, 0.3) is 0 Å². The van der Waals surface area contributed by atoms with Gasteiger partial charge in [0.05, 0.1) is 0 Å². The highest BCUT2D eigenvalue weighted by Gasteiger charge is 2.34. The number of rotatable bonds is 6. The van der Waals surface area contributed by atoms with Gasteiger partial charge in [0.15, 0.2) is 0 Å². The van der Waals surface area contributed by atoms with E-state index < -0.39 is 0 Å². The molecular formula is C24H42N2O2. The number of carbonyl (C=O) groups excluding carboxylic acids is 1. The maximum absolute atomic E-state index is 10.2. The summed E-state index contributed by atoms with van der Waals surface area (Å²) in [5.74, 6) is 0.929. The van der Waals surface area contributed by atoms with Crippen LogP contribution in [-0.2, 0) is 9.53 Å². The summed E-state index contributed by atoms with van der Waals surface area (Å²) in [6.45, 7) is 8.02. The van der Waals surface area contributed by atoms with Crippen LogP contribution < -0.4 is 10.6 Å². The smallest absolute Gasteiger partial charge is 0.150 e. The van der Waals surface area contributed by atoms with Crippen LogP contribution in [0.4, 0.5) is 0 Å². The zero-order chi connectivity index (χ0) is 20.6. The zero-order valence-corrected chi connectivity index (χ0v) is 18.5. The van der Waals surface area contributed by atoms with Crippen LogP contribution in [-0.4, -0.2) is 44.7 Å². The molecule has 2 atom stereocenters. The fourth-order valence-corrected chi connectivity index (χ4v) is 3.47. The molecule has 4 nitrogen and oxygen atoms in total. The molecule has 0 bridgehead atoms. The third-order valence-electron chi connectivity index (χ3n) is 5.52. The van der Waals surface area contributed by atoms with Crippen molar-refractivity contribution in [2.24, 2.45) is 5.92 Å². The number of carbonyl (C=O) groups is 1. The van der Waals surface area contributed by atoms with Crippen LogP contribution in [0.2, 0.25) is 0 Å². The van der Waals surface area contributed by atoms with Crippen LogP contribution in [0.1, 0.15) is 65.7 Å². The first-order valence-corrected chi connectivity index (χ1v) is 11.1. The van der Waals surface area contributed by atoms with Gasteiger partial charge >= 0.3 is 0 Å². The molecule has 0 amide bonds. The van der Waals surface area contributed by atoms with Gasteiger partial charge in [-0.3, -0.25) is 4.79 Å². The molecule has 0 spiro atoms. The Labute approximate surface area is 172 Å². The molecule has 2 unspecified atom stereocenters. The predicted molar refractivity (Wildman–Crippen MR) is 120 cm³/mol. The Morgan fingerprint density at radius 3 is 2.07 bits per heavy atom. The molecule has 2 saturated carbocycles. The summed E-state index contributed by atoms with van der Waals surface area (Å²) in [4.78, 5) is 10.2. The molecule has 28 heavy (non-hydrogen) atoms. The molecule has 160 valence electrons. The average Bonchev–Trinajstić information content (AvgIpc) is 3.19. The lowest BCUT2D eigenvalue weighted by atomic mass is 10.1. The van der Waals surface area contributed by atoms with E-state index in [1.54, 1.807) is 12.2 Å². The summed E-state index contributed by atoms with van der Waals surface area (Å²) >= 11 is 0. The largest absolute Gasteiger partial charge is 0.381 e. The van der Waals surface area contributed by atoms with Gasteiger partial charge in [-0.25, -0.2) is 0 Å². The minimum Gasteiger partial charge on any atom is -0.381 e. The van der Waals surface area contributed by atoms with Crippen molar-refractivity contribution in [3.8, 4) is 0 Å². The second kappa shape index (κ2) is 15.7. The number of nitrogens with one attached hydrogen (secondary N) is 2. The molecule has 0 aromatic carbocycles. The average molecular weight is 391 g/mol. The maximum Gasteiger partial charge on any atom is 0.150 e. The van der Waals surface area contributed by atoms with Crippen LogP contribution >= 0.6 is 0 Å². The van der Waals surface area contributed by atoms with Crippen molar-refractivity contribution in [3.05, 3.63) is 36.0 Å². The maximum atomic E-state index is 10.2. The van der Waals surface area contributed by atoms with Gasteiger partial charge < -0.3 is 15.4 Å². The molecule has 1 heterocycles. The lowest BCUT2D eigenvalue weighted by Crippen LogP contribution is -2.36. The molecule has 1 aliphatic heterocycles. The van der Waals surface area contributed by atoms with E-state index >= 15 is 0 Å². The number of ether oxygens (including phenoxy) is 1. The Bertz CT molecular complexity index is 487. The highest BCUT2D eigenvalue weighted by atomic mass is 16.5. The number of hydrogen-bond acceptors (Lipinski definition) is 4. The Morgan fingerprint density at radius 2 is 1.64 bits per heavy atom. The van der Waals surface area contributed by atoms with Crippen molar-refractivity contribution >= 4 is 6.29 Å². The molecule has 0 radical (unpaired) electrons. The summed E-state index contributed by atoms with van der Waals surface area (Å²) in [7, 11) is 2.05. The van der Waals surface area contributed by atoms with Gasteiger partial charge in [-0.2, -0.15) is 0 Å². The molecule has 0 aromatic heterocycles. The van der Waals surface area contributed by atoms with E-state index in [9.17, 15) is 4.79 Å². The normalized spacial score (nSPS) is 25.9. The molecule has 3 aliphatic rings. The Hall–Kier alpha value is -1.23. The van der Waals surface area contributed by atoms with E-state index in [-0.39, 0.29) is 0 Å². The quantitative estimate of drug-likeness (QED) is 0.396. The first-order valence-electron chi connectivity index (χ1n) is 11.1. The second-order valence-electron chi connectivity index (χ2n) is 7.95. The first-order chi connectivity index (χ1) is 13.6. The Kier molecular flexibility index (Phi) is 13.9. The van der Waals surface area contributed by atoms with Crippen molar-refractivity contribution in [1.82, 2.24) is 10.6 Å². The van der Waals surface area contributed by atoms with Gasteiger partial charge in [0, 0.05) is 36.9 Å². The Balaban J connectivity index is 0.000000215. The van der Waals surface area contributed by atoms with E-state index in [2.05, 4.69) is 24.6 Å². The SMILES string of the molecule is CC1CC1NC1CCOCC1.CNC1CCCC1.C\C=C/C=C(C=O)\C=C\C. The zero-order valence-electron chi connectivity index (χ0n) is 18.5. The van der Waals surface area contributed by atoms with Gasteiger partial charge in [-0.05, 0) is 58.9 Å². The summed E-state index contributed by atoms with van der Waals surface area (Å²) in [5.41, 5.74) is 0.695. The lowest BCUT2D eigenvalue weighted by molar-refractivity contribution is -0.104. The summed E-state index contributed by atoms with van der Waals surface area (Å²) in [6.07, 6.45) is 19.4. The number of hydrogen-bond donors (Lipinski definition) is 2. The van der Waals surface area contributed by atoms with Crippen molar-refractivity contribution < 1.29 is 9.53 Å². The summed E-state index contributed by atoms with van der Waals surface area (Å²) in [6, 6.07) is 2.43. The molecule has 0 aromatic rings. The topological polar surface area (TPSA) is 50.4 Å². The highest BCUT2D eigenvalue weighted by Crippen LogP contribution is 2.30. The van der Waals surface area contributed by atoms with E-state index in [1.807, 2.05) is 32.1 Å². The van der Waals surface area contributed by atoms with Crippen LogP contribution in [0.15, 0.2) is 36.0 Å². The van der Waals surface area contributed by atoms with Crippen molar-refractivity contribution in [3.63, 3.8) is 0 Å². The standard InChI is InChI=1S/C9H17NO.C9H12O.C6H13N/c1-7-6-9(7)10-8-2-4-11-5-3-8;1-3-5-7-9(8-10)6-4-2;1-7-6-4-2-3-5-6/h7-10H,2-6H2,1H3;3-8H,1-2H3;6-7H,2-5H2,1H3/b;5-3-,6-4+,9-7+;. The van der Waals surface area contributed by atoms with Gasteiger partial charge in [0.2, 0.25) is 0 Å². The van der Waals surface area contributed by atoms with Gasteiger partial charge in [-0.15, -0.1) is 0 Å². The third-order valence-corrected chi connectivity index (χ3v) is 5.52. The molecule has 4 heteroatoms. The van der Waals surface area contributed by atoms with Crippen LogP contribution in [0.3, 0.4) is 0 Å². The van der Waals surface area contributed by atoms with E-state index in [4.69, 9.17) is 4.74 Å². The molecule has 2 N–H and O–H groups in total. The van der Waals surface area contributed by atoms with Gasteiger partial charge in [-0.1, -0.05) is 50.1 Å². The number of allylic oxidation sites excluding steroid dienone is 6. The lowest BCUT2D eigenvalue weighted by Gasteiger charge is -2.23. The van der Waals surface area contributed by atoms with Crippen LogP contribution in [0, 0.1) is 5.92 Å². The first kappa shape index (κ1) is 24.8. The highest BCUT2D eigenvalue weighted by molar-refractivity contribution is 5.77. The third kappa shape index (κ3) is 11.6. The summed E-state index contributed by atoms with van der Waals surface area (Å²) in [5, 5.41) is 6.93. The molecular weight excluding hydrogens is 348 g/mol. The fourth-order valence-electron chi connectivity index (χ4n) is 3.47. The summed E-state index contributed by atoms with van der Waals surface area (Å²) < 4.78 is 5.29. The van der Waals surface area contributed by atoms with Crippen LogP contribution in [0.5, 0.6) is 0 Å². The molecule has 2 aliphatic carbocycles. The van der Waals surface area contributed by atoms with Crippen molar-refractivity contribution in [2.75, 3.05) is 20.3 Å². The minimum absolute atomic E-state index is 0.695. The van der Waals surface area contributed by atoms with E-state index in [0.29, 0.717) is 5.57 Å². The Morgan fingerprint density at radius 1 is 1.00 bits per heavy atom. The van der Waals surface area contributed by atoms with Crippen molar-refractivity contribution in [2.45, 2.75) is 83.8 Å². The van der Waals surface area contributed by atoms with Gasteiger partial charge in [0.25, 0.3) is 0 Å². The molecule has 1 saturated heterocycles. The second-order valence-corrected chi connectivity index (χ2v) is 7.95. The predicted octanol–water partition coefficient (Wildman–Crippen LogP) is 4.58. The van der Waals surface area contributed by atoms with E-state index in [1.165, 1.54) is 44.9 Å². The van der Waals surface area contributed by atoms with E-state index in [0.717, 1.165) is 43.5 Å². The minimum atomic E-state index is 0.695.